The molecule has 1 aliphatic heterocycles. The molecule has 0 spiro atoms. The summed E-state index contributed by atoms with van der Waals surface area (Å²) in [5.41, 5.74) is 2.77. The van der Waals surface area contributed by atoms with E-state index >= 15 is 0 Å². The van der Waals surface area contributed by atoms with Crippen molar-refractivity contribution in [2.24, 2.45) is 0 Å². The highest BCUT2D eigenvalue weighted by atomic mass is 15.2. The molecule has 4 bridgehead atoms. The monoisotopic (exact) mass is 266 g/mol. The van der Waals surface area contributed by atoms with Crippen LogP contribution in [0.5, 0.6) is 0 Å². The fourth-order valence-electron chi connectivity index (χ4n) is 2.82. The van der Waals surface area contributed by atoms with Gasteiger partial charge in [0.05, 0.1) is 0 Å². The van der Waals surface area contributed by atoms with E-state index in [1.807, 2.05) is 0 Å². The van der Waals surface area contributed by atoms with Crippen molar-refractivity contribution in [3.63, 3.8) is 0 Å². The molecule has 1 aliphatic rings. The largest absolute Gasteiger partial charge is 0.244 e. The molecule has 100 valence electrons. The van der Waals surface area contributed by atoms with E-state index in [9.17, 15) is 0 Å². The van der Waals surface area contributed by atoms with Gasteiger partial charge in [0.15, 0.2) is 0 Å². The highest BCUT2D eigenvalue weighted by molar-refractivity contribution is 5.25. The molecule has 2 aromatic heterocycles. The molecule has 0 unspecified atom stereocenters. The fourth-order valence-corrected chi connectivity index (χ4v) is 2.82. The summed E-state index contributed by atoms with van der Waals surface area (Å²) in [6.07, 6.45) is 13.0. The Labute approximate surface area is 118 Å². The van der Waals surface area contributed by atoms with Gasteiger partial charge in [-0.2, -0.15) is 0 Å². The van der Waals surface area contributed by atoms with Crippen LogP contribution in [-0.2, 0) is 26.2 Å². The van der Waals surface area contributed by atoms with Crippen molar-refractivity contribution in [3.8, 4) is 0 Å². The Balaban J connectivity index is 1.81. The minimum Gasteiger partial charge on any atom is -0.233 e. The van der Waals surface area contributed by atoms with E-state index in [-0.39, 0.29) is 0 Å². The Morgan fingerprint density at radius 3 is 1.75 bits per heavy atom. The van der Waals surface area contributed by atoms with Crippen molar-refractivity contribution in [1.82, 2.24) is 9.13 Å². The SMILES string of the molecule is c1ccc2c(c1)C[n+]1ccn(c1)CCn1cc[n+](c1)C2. The summed E-state index contributed by atoms with van der Waals surface area (Å²) in [6.45, 7) is 3.88. The average Bonchev–Trinajstić information content (AvgIpc) is 3.08. The number of aryl methyl sites for hydroxylation is 2. The van der Waals surface area contributed by atoms with Crippen molar-refractivity contribution in [2.75, 3.05) is 0 Å². The number of fused-ring (bicyclic) bond motifs is 5. The first kappa shape index (κ1) is 11.5. The number of benzene rings is 1. The van der Waals surface area contributed by atoms with Crippen molar-refractivity contribution in [3.05, 3.63) is 72.8 Å². The minimum atomic E-state index is 0.935. The van der Waals surface area contributed by atoms with Crippen LogP contribution in [-0.4, -0.2) is 9.13 Å². The number of aromatic nitrogens is 4. The molecular weight excluding hydrogens is 248 g/mol. The summed E-state index contributed by atoms with van der Waals surface area (Å²) in [6, 6.07) is 8.70. The van der Waals surface area contributed by atoms with Gasteiger partial charge < -0.3 is 0 Å². The third-order valence-corrected chi connectivity index (χ3v) is 3.93. The molecule has 0 saturated carbocycles. The summed E-state index contributed by atoms with van der Waals surface area (Å²) >= 11 is 0. The molecular formula is C16H18N4+2. The Bertz CT molecular complexity index is 675. The molecule has 4 heteroatoms. The molecule has 0 fully saturated rings. The molecule has 4 rings (SSSR count). The van der Waals surface area contributed by atoms with Crippen molar-refractivity contribution >= 4 is 0 Å². The second-order valence-corrected chi connectivity index (χ2v) is 5.42. The van der Waals surface area contributed by atoms with Crippen LogP contribution in [0.1, 0.15) is 11.1 Å². The van der Waals surface area contributed by atoms with Gasteiger partial charge in [-0.3, -0.25) is 0 Å². The van der Waals surface area contributed by atoms with E-state index in [0.717, 1.165) is 26.2 Å². The minimum absolute atomic E-state index is 0.935. The quantitative estimate of drug-likeness (QED) is 0.540. The van der Waals surface area contributed by atoms with E-state index in [4.69, 9.17) is 0 Å². The molecule has 0 saturated heterocycles. The van der Waals surface area contributed by atoms with Crippen LogP contribution >= 0.6 is 0 Å². The van der Waals surface area contributed by atoms with Gasteiger partial charge in [0.2, 0.25) is 12.7 Å². The second kappa shape index (κ2) is 4.63. The van der Waals surface area contributed by atoms with Gasteiger partial charge >= 0.3 is 0 Å². The fraction of sp³-hybridized carbons (Fsp3) is 0.250. The van der Waals surface area contributed by atoms with E-state index < -0.39 is 0 Å². The van der Waals surface area contributed by atoms with Crippen molar-refractivity contribution < 1.29 is 9.13 Å². The van der Waals surface area contributed by atoms with Gasteiger partial charge in [0, 0.05) is 11.1 Å². The van der Waals surface area contributed by atoms with E-state index in [0.29, 0.717) is 0 Å². The maximum atomic E-state index is 2.25. The molecule has 4 nitrogen and oxygen atoms in total. The van der Waals surface area contributed by atoms with E-state index in [1.54, 1.807) is 0 Å². The molecule has 0 N–H and O–H groups in total. The summed E-state index contributed by atoms with van der Waals surface area (Å²) < 4.78 is 9.00. The maximum Gasteiger partial charge on any atom is 0.244 e. The molecule has 3 aromatic rings. The van der Waals surface area contributed by atoms with Gasteiger partial charge in [0.1, 0.15) is 51.0 Å². The van der Waals surface area contributed by atoms with E-state index in [1.165, 1.54) is 11.1 Å². The molecule has 3 heterocycles. The first-order chi connectivity index (χ1) is 9.87. The Morgan fingerprint density at radius 2 is 1.25 bits per heavy atom. The smallest absolute Gasteiger partial charge is 0.233 e. The maximum absolute atomic E-state index is 2.25. The highest BCUT2D eigenvalue weighted by Gasteiger charge is 2.13. The lowest BCUT2D eigenvalue weighted by atomic mass is 10.1. The number of nitrogens with zero attached hydrogens (tertiary/aromatic N) is 4. The third-order valence-electron chi connectivity index (χ3n) is 3.93. The summed E-state index contributed by atoms with van der Waals surface area (Å²) in [4.78, 5) is 0. The van der Waals surface area contributed by atoms with Crippen LogP contribution in [0, 0.1) is 0 Å². The second-order valence-electron chi connectivity index (χ2n) is 5.42. The standard InChI is InChI=1S/C16H18N4/c1-2-4-16-12-20-10-8-18(14-20)6-5-17-7-9-19(13-17)11-15(16)3-1/h1-4,7-10,13-14H,5-6,11-12H2/q+2. The Morgan fingerprint density at radius 1 is 0.750 bits per heavy atom. The lowest BCUT2D eigenvalue weighted by Crippen LogP contribution is -2.36. The number of rotatable bonds is 0. The first-order valence-corrected chi connectivity index (χ1v) is 7.03. The van der Waals surface area contributed by atoms with Crippen LogP contribution < -0.4 is 9.13 Å². The Kier molecular flexibility index (Phi) is 2.66. The van der Waals surface area contributed by atoms with Crippen LogP contribution in [0.3, 0.4) is 0 Å². The predicted octanol–water partition coefficient (Wildman–Crippen LogP) is 0.975. The van der Waals surface area contributed by atoms with Gasteiger partial charge in [-0.25, -0.2) is 18.3 Å². The number of hydrogen-bond donors (Lipinski definition) is 0. The topological polar surface area (TPSA) is 17.6 Å². The number of hydrogen-bond acceptors (Lipinski definition) is 0. The lowest BCUT2D eigenvalue weighted by molar-refractivity contribution is -0.693. The molecule has 0 amide bonds. The van der Waals surface area contributed by atoms with Crippen LogP contribution in [0.2, 0.25) is 0 Å². The summed E-state index contributed by atoms with van der Waals surface area (Å²) in [5, 5.41) is 0. The van der Waals surface area contributed by atoms with Crippen LogP contribution in [0.15, 0.2) is 61.7 Å². The lowest BCUT2D eigenvalue weighted by Gasteiger charge is -2.06. The van der Waals surface area contributed by atoms with E-state index in [2.05, 4.69) is 80.0 Å². The highest BCUT2D eigenvalue weighted by Crippen LogP contribution is 2.08. The molecule has 1 aromatic carbocycles. The van der Waals surface area contributed by atoms with Crippen LogP contribution in [0.4, 0.5) is 0 Å². The Hall–Kier alpha value is -2.36. The molecule has 0 aliphatic carbocycles. The molecule has 0 atom stereocenters. The van der Waals surface area contributed by atoms with Gasteiger partial charge in [-0.1, -0.05) is 24.3 Å². The summed E-state index contributed by atoms with van der Waals surface area (Å²) in [5.74, 6) is 0. The van der Waals surface area contributed by atoms with Gasteiger partial charge in [0.25, 0.3) is 0 Å². The van der Waals surface area contributed by atoms with Crippen LogP contribution in [0.25, 0.3) is 0 Å². The molecule has 0 radical (unpaired) electrons. The first-order valence-electron chi connectivity index (χ1n) is 7.03. The third kappa shape index (κ3) is 2.13. The number of imidazole rings is 2. The zero-order valence-corrected chi connectivity index (χ0v) is 11.4. The zero-order chi connectivity index (χ0) is 13.4. The van der Waals surface area contributed by atoms with Crippen molar-refractivity contribution in [1.29, 1.82) is 0 Å². The van der Waals surface area contributed by atoms with Gasteiger partial charge in [-0.05, 0) is 0 Å². The zero-order valence-electron chi connectivity index (χ0n) is 11.4. The average molecular weight is 266 g/mol. The predicted molar refractivity (Wildman–Crippen MR) is 73.9 cm³/mol. The summed E-state index contributed by atoms with van der Waals surface area (Å²) in [7, 11) is 0. The molecule has 20 heavy (non-hydrogen) atoms. The normalized spacial score (nSPS) is 14.2. The van der Waals surface area contributed by atoms with Crippen molar-refractivity contribution in [2.45, 2.75) is 26.2 Å². The van der Waals surface area contributed by atoms with Gasteiger partial charge in [-0.15, -0.1) is 0 Å².